The predicted molar refractivity (Wildman–Crippen MR) is 163 cm³/mol. The van der Waals surface area contributed by atoms with Crippen molar-refractivity contribution in [3.63, 3.8) is 0 Å². The first-order valence-corrected chi connectivity index (χ1v) is 15.7. The molecule has 11 nitrogen and oxygen atoms in total. The van der Waals surface area contributed by atoms with E-state index in [1.807, 2.05) is 55.7 Å². The zero-order valence-electron chi connectivity index (χ0n) is 24.9. The third-order valence-corrected chi connectivity index (χ3v) is 8.25. The monoisotopic (exact) mass is 597 g/mol. The second-order valence-corrected chi connectivity index (χ2v) is 12.3. The Morgan fingerprint density at radius 2 is 1.71 bits per heavy atom. The van der Waals surface area contributed by atoms with Gasteiger partial charge in [-0.05, 0) is 51.8 Å². The number of nitrogens with one attached hydrogen (secondary N) is 1. The molecule has 0 aliphatic rings. The highest BCUT2D eigenvalue weighted by atomic mass is 31.2. The van der Waals surface area contributed by atoms with Gasteiger partial charge >= 0.3 is 13.7 Å². The number of ether oxygens (including phenoxy) is 2. The van der Waals surface area contributed by atoms with Crippen LogP contribution >= 0.6 is 7.75 Å². The van der Waals surface area contributed by atoms with Gasteiger partial charge in [-0.2, -0.15) is 5.09 Å². The zero-order valence-corrected chi connectivity index (χ0v) is 25.8. The lowest BCUT2D eigenvalue weighted by atomic mass is 10.0. The molecule has 4 aromatic rings. The van der Waals surface area contributed by atoms with Crippen LogP contribution in [0.15, 0.2) is 54.6 Å². The van der Waals surface area contributed by atoms with E-state index in [1.165, 1.54) is 0 Å². The Balaban J connectivity index is 1.76. The second-order valence-electron chi connectivity index (χ2n) is 10.6. The number of nitrogen functional groups attached to an aromatic ring is 1. The molecule has 12 heteroatoms. The van der Waals surface area contributed by atoms with Gasteiger partial charge in [0.05, 0.1) is 29.8 Å². The fourth-order valence-electron chi connectivity index (χ4n) is 4.60. The maximum Gasteiger partial charge on any atom is 0.459 e. The van der Waals surface area contributed by atoms with E-state index in [0.717, 1.165) is 16.4 Å². The Bertz CT molecular complexity index is 1560. The molecule has 42 heavy (non-hydrogen) atoms. The van der Waals surface area contributed by atoms with Gasteiger partial charge in [0.25, 0.3) is 0 Å². The van der Waals surface area contributed by atoms with Crippen LogP contribution in [0.2, 0.25) is 0 Å². The second kappa shape index (κ2) is 13.6. The van der Waals surface area contributed by atoms with Gasteiger partial charge < -0.3 is 24.3 Å². The third kappa shape index (κ3) is 7.28. The number of benzene rings is 2. The Morgan fingerprint density at radius 3 is 2.38 bits per heavy atom. The number of anilines is 1. The molecule has 0 saturated carbocycles. The molecule has 2 aromatic carbocycles. The number of hydrogen-bond acceptors (Lipinski definition) is 9. The maximum absolute atomic E-state index is 14.2. The molecule has 0 fully saturated rings. The van der Waals surface area contributed by atoms with Crippen LogP contribution in [0, 0.1) is 5.92 Å². The van der Waals surface area contributed by atoms with Gasteiger partial charge in [0.2, 0.25) is 0 Å². The van der Waals surface area contributed by atoms with Gasteiger partial charge in [0, 0.05) is 12.0 Å². The Kier molecular flexibility index (Phi) is 10.2. The summed E-state index contributed by atoms with van der Waals surface area (Å²) in [5, 5.41) is 3.64. The number of para-hydroxylation sites is 2. The molecule has 4 rings (SSSR count). The predicted octanol–water partition coefficient (Wildman–Crippen LogP) is 6.03. The standard InChI is InChI=1S/C30H40N5O6P/c1-7-38-18-26-33-27-28(23-15-11-12-16-24(23)32-29(27)31)35(26)25(19(2)3)17-39-42(37,41-22-13-9-8-10-14-22)34-21(6)30(36)40-20(4)5/h8-16,19-21,25H,7,17-18H2,1-6H3,(H2,31,32)(H,34,37)/t21-,25-,42-/m0/s1. The summed E-state index contributed by atoms with van der Waals surface area (Å²) in [6.45, 7) is 11.7. The number of pyridine rings is 1. The summed E-state index contributed by atoms with van der Waals surface area (Å²) in [7, 11) is -4.10. The largest absolute Gasteiger partial charge is 0.462 e. The molecule has 0 aliphatic carbocycles. The molecule has 3 N–H and O–H groups in total. The molecule has 2 heterocycles. The Labute approximate surface area is 246 Å². The van der Waals surface area contributed by atoms with Crippen molar-refractivity contribution in [3.8, 4) is 5.75 Å². The molecule has 226 valence electrons. The highest BCUT2D eigenvalue weighted by molar-refractivity contribution is 7.52. The van der Waals surface area contributed by atoms with Gasteiger partial charge in [0.1, 0.15) is 29.7 Å². The van der Waals surface area contributed by atoms with E-state index in [4.69, 9.17) is 29.2 Å². The van der Waals surface area contributed by atoms with Crippen molar-refractivity contribution >= 4 is 41.5 Å². The summed E-state index contributed by atoms with van der Waals surface area (Å²) in [5.41, 5.74) is 8.45. The van der Waals surface area contributed by atoms with E-state index in [-0.39, 0.29) is 31.3 Å². The summed E-state index contributed by atoms with van der Waals surface area (Å²) < 4.78 is 39.4. The van der Waals surface area contributed by atoms with E-state index < -0.39 is 19.8 Å². The number of fused-ring (bicyclic) bond motifs is 3. The summed E-state index contributed by atoms with van der Waals surface area (Å²) in [5.74, 6) is 0.693. The van der Waals surface area contributed by atoms with Crippen molar-refractivity contribution < 1.29 is 27.9 Å². The number of nitrogens with zero attached hydrogens (tertiary/aromatic N) is 3. The molecule has 0 aliphatic heterocycles. The molecule has 0 bridgehead atoms. The average molecular weight is 598 g/mol. The number of aromatic nitrogens is 3. The Morgan fingerprint density at radius 1 is 1.02 bits per heavy atom. The van der Waals surface area contributed by atoms with Crippen molar-refractivity contribution in [2.24, 2.45) is 5.92 Å². The minimum Gasteiger partial charge on any atom is -0.462 e. The lowest BCUT2D eigenvalue weighted by molar-refractivity contribution is -0.149. The number of carbonyl (C=O) groups is 1. The van der Waals surface area contributed by atoms with Crippen molar-refractivity contribution in [1.29, 1.82) is 0 Å². The highest BCUT2D eigenvalue weighted by Gasteiger charge is 2.35. The normalized spacial score (nSPS) is 14.8. The maximum atomic E-state index is 14.2. The van der Waals surface area contributed by atoms with Gasteiger partial charge in [-0.15, -0.1) is 0 Å². The molecule has 0 unspecified atom stereocenters. The number of rotatable bonds is 14. The van der Waals surface area contributed by atoms with E-state index in [1.54, 1.807) is 45.0 Å². The van der Waals surface area contributed by atoms with Gasteiger partial charge in [-0.25, -0.2) is 14.5 Å². The fraction of sp³-hybridized carbons (Fsp3) is 0.433. The van der Waals surface area contributed by atoms with Crippen LogP contribution in [-0.2, 0) is 30.0 Å². The summed E-state index contributed by atoms with van der Waals surface area (Å²) in [4.78, 5) is 22.0. The summed E-state index contributed by atoms with van der Waals surface area (Å²) in [6.07, 6.45) is -0.336. The van der Waals surface area contributed by atoms with Crippen molar-refractivity contribution in [1.82, 2.24) is 19.6 Å². The summed E-state index contributed by atoms with van der Waals surface area (Å²) in [6, 6.07) is 15.0. The first-order chi connectivity index (χ1) is 20.0. The van der Waals surface area contributed by atoms with E-state index in [9.17, 15) is 9.36 Å². The number of hydrogen-bond donors (Lipinski definition) is 2. The minimum absolute atomic E-state index is 0.00978. The van der Waals surface area contributed by atoms with Gasteiger partial charge in [-0.3, -0.25) is 9.32 Å². The lowest BCUT2D eigenvalue weighted by Crippen LogP contribution is -2.36. The van der Waals surface area contributed by atoms with Gasteiger partial charge in [-0.1, -0.05) is 50.2 Å². The van der Waals surface area contributed by atoms with Crippen molar-refractivity contribution in [2.75, 3.05) is 18.9 Å². The first kappa shape index (κ1) is 31.4. The van der Waals surface area contributed by atoms with E-state index in [2.05, 4.69) is 10.1 Å². The summed E-state index contributed by atoms with van der Waals surface area (Å²) >= 11 is 0. The van der Waals surface area contributed by atoms with E-state index >= 15 is 0 Å². The van der Waals surface area contributed by atoms with Crippen LogP contribution in [0.3, 0.4) is 0 Å². The smallest absolute Gasteiger partial charge is 0.459 e. The number of nitrogens with two attached hydrogens (primary N) is 1. The fourth-order valence-corrected chi connectivity index (χ4v) is 6.10. The molecule has 0 radical (unpaired) electrons. The average Bonchev–Trinajstić information content (AvgIpc) is 3.32. The quantitative estimate of drug-likeness (QED) is 0.131. The topological polar surface area (TPSA) is 140 Å². The van der Waals surface area contributed by atoms with Crippen LogP contribution in [0.4, 0.5) is 5.82 Å². The SMILES string of the molecule is CCOCc1nc2c(N)nc3ccccc3c2n1[C@@H](CO[P@@](=O)(N[C@@H](C)C(=O)OC(C)C)Oc1ccccc1)C(C)C. The van der Waals surface area contributed by atoms with Crippen molar-refractivity contribution in [2.45, 2.75) is 66.3 Å². The van der Waals surface area contributed by atoms with Crippen LogP contribution < -0.4 is 15.3 Å². The molecule has 0 spiro atoms. The lowest BCUT2D eigenvalue weighted by Gasteiger charge is -2.29. The molecule has 0 amide bonds. The zero-order chi connectivity index (χ0) is 30.4. The highest BCUT2D eigenvalue weighted by Crippen LogP contribution is 2.46. The van der Waals surface area contributed by atoms with E-state index in [0.29, 0.717) is 29.5 Å². The molecular weight excluding hydrogens is 557 g/mol. The molecule has 2 aromatic heterocycles. The van der Waals surface area contributed by atoms with Crippen molar-refractivity contribution in [3.05, 3.63) is 60.4 Å². The van der Waals surface area contributed by atoms with Crippen LogP contribution in [0.1, 0.15) is 53.4 Å². The Hall–Kier alpha value is -3.50. The van der Waals surface area contributed by atoms with Crippen LogP contribution in [0.5, 0.6) is 5.75 Å². The number of esters is 1. The third-order valence-electron chi connectivity index (χ3n) is 6.60. The first-order valence-electron chi connectivity index (χ1n) is 14.1. The molecule has 3 atom stereocenters. The van der Waals surface area contributed by atoms with Crippen LogP contribution in [0.25, 0.3) is 21.9 Å². The molecular formula is C30H40N5O6P. The minimum atomic E-state index is -4.10. The van der Waals surface area contributed by atoms with Gasteiger partial charge in [0.15, 0.2) is 5.82 Å². The molecule has 0 saturated heterocycles. The van der Waals surface area contributed by atoms with Crippen LogP contribution in [-0.4, -0.2) is 45.9 Å². The number of carbonyl (C=O) groups excluding carboxylic acids is 1. The number of imidazole rings is 1.